The molecule has 0 aromatic rings. The minimum atomic E-state index is -0.649. The first-order valence-corrected chi connectivity index (χ1v) is 5.62. The summed E-state index contributed by atoms with van der Waals surface area (Å²) in [6.07, 6.45) is 2.44. The number of nitrogens with one attached hydrogen (secondary N) is 1. The van der Waals surface area contributed by atoms with Crippen molar-refractivity contribution in [3.63, 3.8) is 0 Å². The molecule has 0 radical (unpaired) electrons. The summed E-state index contributed by atoms with van der Waals surface area (Å²) in [6, 6.07) is 0. The molecule has 0 aliphatic carbocycles. The molecular formula is C10H13BrN2O3. The number of amides is 3. The van der Waals surface area contributed by atoms with Gasteiger partial charge >= 0.3 is 0 Å². The zero-order valence-electron chi connectivity index (χ0n) is 9.12. The Bertz CT molecular complexity index is 340. The van der Waals surface area contributed by atoms with Gasteiger partial charge in [-0.25, -0.2) is 0 Å². The van der Waals surface area contributed by atoms with Crippen LogP contribution in [0.4, 0.5) is 0 Å². The maximum absolute atomic E-state index is 11.4. The van der Waals surface area contributed by atoms with Gasteiger partial charge in [-0.05, 0) is 13.8 Å². The first-order chi connectivity index (χ1) is 7.32. The number of hydrogen-bond acceptors (Lipinski definition) is 3. The average Bonchev–Trinajstić information content (AvgIpc) is 2.47. The lowest BCUT2D eigenvalue weighted by Gasteiger charge is -2.18. The summed E-state index contributed by atoms with van der Waals surface area (Å²) in [5, 5.41) is 2.63. The van der Waals surface area contributed by atoms with E-state index in [1.165, 1.54) is 12.2 Å². The molecule has 1 aliphatic heterocycles. The van der Waals surface area contributed by atoms with Crippen LogP contribution in [0.15, 0.2) is 12.2 Å². The topological polar surface area (TPSA) is 66.5 Å². The summed E-state index contributed by atoms with van der Waals surface area (Å²) in [7, 11) is 0. The van der Waals surface area contributed by atoms with Crippen LogP contribution in [0.25, 0.3) is 0 Å². The zero-order chi connectivity index (χ0) is 12.3. The molecule has 0 unspecified atom stereocenters. The van der Waals surface area contributed by atoms with Gasteiger partial charge in [0.1, 0.15) is 0 Å². The van der Waals surface area contributed by atoms with E-state index in [2.05, 4.69) is 21.2 Å². The molecule has 0 atom stereocenters. The molecule has 0 aromatic heterocycles. The van der Waals surface area contributed by atoms with Gasteiger partial charge < -0.3 is 5.32 Å². The van der Waals surface area contributed by atoms with Gasteiger partial charge in [-0.2, -0.15) is 0 Å². The van der Waals surface area contributed by atoms with Gasteiger partial charge in [0, 0.05) is 25.2 Å². The second-order valence-corrected chi connectivity index (χ2v) is 5.87. The van der Waals surface area contributed by atoms with E-state index in [9.17, 15) is 14.4 Å². The highest BCUT2D eigenvalue weighted by molar-refractivity contribution is 9.10. The number of halogens is 1. The summed E-state index contributed by atoms with van der Waals surface area (Å²) in [6.45, 7) is 3.89. The van der Waals surface area contributed by atoms with Crippen LogP contribution in [0.1, 0.15) is 13.8 Å². The summed E-state index contributed by atoms with van der Waals surface area (Å²) >= 11 is 3.21. The summed E-state index contributed by atoms with van der Waals surface area (Å²) in [4.78, 5) is 34.8. The number of nitrogens with zero attached hydrogens (tertiary/aromatic N) is 1. The van der Waals surface area contributed by atoms with E-state index in [0.717, 1.165) is 4.90 Å². The molecular weight excluding hydrogens is 276 g/mol. The Kier molecular flexibility index (Phi) is 3.85. The molecule has 1 heterocycles. The van der Waals surface area contributed by atoms with Crippen molar-refractivity contribution >= 4 is 33.7 Å². The van der Waals surface area contributed by atoms with Crippen LogP contribution in [0, 0.1) is 0 Å². The Morgan fingerprint density at radius 2 is 1.88 bits per heavy atom. The maximum atomic E-state index is 11.4. The molecule has 3 amide bonds. The van der Waals surface area contributed by atoms with Gasteiger partial charge in [0.25, 0.3) is 11.8 Å². The molecule has 0 spiro atoms. The van der Waals surface area contributed by atoms with Crippen LogP contribution in [0.5, 0.6) is 0 Å². The summed E-state index contributed by atoms with van der Waals surface area (Å²) in [5.41, 5.74) is 0. The molecule has 5 nitrogen and oxygen atoms in total. The molecule has 0 fully saturated rings. The van der Waals surface area contributed by atoms with Gasteiger partial charge in [-0.1, -0.05) is 15.9 Å². The van der Waals surface area contributed by atoms with Gasteiger partial charge in [0.2, 0.25) is 5.91 Å². The van der Waals surface area contributed by atoms with Crippen LogP contribution in [0.2, 0.25) is 0 Å². The average molecular weight is 289 g/mol. The minimum absolute atomic E-state index is 0.181. The maximum Gasteiger partial charge on any atom is 0.253 e. The number of carbonyl (C=O) groups excluding carboxylic acids is 3. The van der Waals surface area contributed by atoms with Crippen molar-refractivity contribution in [2.75, 3.05) is 13.1 Å². The predicted molar refractivity (Wildman–Crippen MR) is 61.9 cm³/mol. The van der Waals surface area contributed by atoms with Crippen molar-refractivity contribution in [2.45, 2.75) is 18.2 Å². The number of imide groups is 1. The Morgan fingerprint density at radius 1 is 1.38 bits per heavy atom. The van der Waals surface area contributed by atoms with Gasteiger partial charge in [0.05, 0.1) is 4.32 Å². The highest BCUT2D eigenvalue weighted by atomic mass is 79.9. The highest BCUT2D eigenvalue weighted by Crippen LogP contribution is 2.15. The Labute approximate surface area is 102 Å². The second-order valence-electron chi connectivity index (χ2n) is 3.89. The van der Waals surface area contributed by atoms with E-state index in [1.54, 1.807) is 13.8 Å². The highest BCUT2D eigenvalue weighted by Gasteiger charge is 2.25. The van der Waals surface area contributed by atoms with Crippen molar-refractivity contribution < 1.29 is 14.4 Å². The SMILES string of the molecule is CC(C)(Br)C(=O)NCCN1C(=O)C=CC1=O. The van der Waals surface area contributed by atoms with E-state index in [-0.39, 0.29) is 30.8 Å². The van der Waals surface area contributed by atoms with Gasteiger partial charge in [0.15, 0.2) is 0 Å². The van der Waals surface area contributed by atoms with Crippen molar-refractivity contribution in [1.29, 1.82) is 0 Å². The molecule has 88 valence electrons. The molecule has 6 heteroatoms. The summed E-state index contributed by atoms with van der Waals surface area (Å²) in [5.74, 6) is -0.853. The first-order valence-electron chi connectivity index (χ1n) is 4.83. The standard InChI is InChI=1S/C10H13BrN2O3/c1-10(2,11)9(16)12-5-6-13-7(14)3-4-8(13)15/h3-4H,5-6H2,1-2H3,(H,12,16). The minimum Gasteiger partial charge on any atom is -0.353 e. The largest absolute Gasteiger partial charge is 0.353 e. The quantitative estimate of drug-likeness (QED) is 0.594. The Balaban J connectivity index is 2.35. The third-order valence-electron chi connectivity index (χ3n) is 2.06. The van der Waals surface area contributed by atoms with E-state index in [0.29, 0.717) is 0 Å². The van der Waals surface area contributed by atoms with E-state index in [1.807, 2.05) is 0 Å². The fraction of sp³-hybridized carbons (Fsp3) is 0.500. The normalized spacial score (nSPS) is 15.8. The van der Waals surface area contributed by atoms with Crippen molar-refractivity contribution in [3.8, 4) is 0 Å². The number of rotatable bonds is 4. The lowest BCUT2D eigenvalue weighted by molar-refractivity contribution is -0.137. The molecule has 0 bridgehead atoms. The first kappa shape index (κ1) is 12.9. The molecule has 16 heavy (non-hydrogen) atoms. The molecule has 1 aliphatic rings. The Hall–Kier alpha value is -1.17. The van der Waals surface area contributed by atoms with Crippen molar-refractivity contribution in [2.24, 2.45) is 0 Å². The zero-order valence-corrected chi connectivity index (χ0v) is 10.7. The number of carbonyl (C=O) groups is 3. The summed E-state index contributed by atoms with van der Waals surface area (Å²) < 4.78 is -0.649. The van der Waals surface area contributed by atoms with Crippen LogP contribution in [-0.2, 0) is 14.4 Å². The molecule has 0 aromatic carbocycles. The van der Waals surface area contributed by atoms with E-state index < -0.39 is 4.32 Å². The van der Waals surface area contributed by atoms with E-state index in [4.69, 9.17) is 0 Å². The number of alkyl halides is 1. The third kappa shape index (κ3) is 3.16. The molecule has 0 saturated carbocycles. The van der Waals surface area contributed by atoms with Crippen LogP contribution in [-0.4, -0.2) is 40.0 Å². The smallest absolute Gasteiger partial charge is 0.253 e. The predicted octanol–water partition coefficient (Wildman–Crippen LogP) is 0.201. The lowest BCUT2D eigenvalue weighted by Crippen LogP contribution is -2.43. The van der Waals surface area contributed by atoms with Crippen molar-refractivity contribution in [1.82, 2.24) is 10.2 Å². The van der Waals surface area contributed by atoms with Crippen LogP contribution in [0.3, 0.4) is 0 Å². The Morgan fingerprint density at radius 3 is 2.31 bits per heavy atom. The monoisotopic (exact) mass is 288 g/mol. The second kappa shape index (κ2) is 4.78. The molecule has 1 N–H and O–H groups in total. The fourth-order valence-electron chi connectivity index (χ4n) is 1.14. The third-order valence-corrected chi connectivity index (χ3v) is 2.42. The molecule has 0 saturated heterocycles. The molecule has 1 rings (SSSR count). The lowest BCUT2D eigenvalue weighted by atomic mass is 10.2. The van der Waals surface area contributed by atoms with E-state index >= 15 is 0 Å². The van der Waals surface area contributed by atoms with Crippen LogP contribution < -0.4 is 5.32 Å². The fourth-order valence-corrected chi connectivity index (χ4v) is 1.28. The van der Waals surface area contributed by atoms with Crippen molar-refractivity contribution in [3.05, 3.63) is 12.2 Å². The van der Waals surface area contributed by atoms with Crippen LogP contribution >= 0.6 is 15.9 Å². The van der Waals surface area contributed by atoms with Gasteiger partial charge in [-0.15, -0.1) is 0 Å². The van der Waals surface area contributed by atoms with Gasteiger partial charge in [-0.3, -0.25) is 19.3 Å². The number of hydrogen-bond donors (Lipinski definition) is 1.